The van der Waals surface area contributed by atoms with Crippen molar-refractivity contribution in [1.82, 2.24) is 4.90 Å². The Morgan fingerprint density at radius 3 is 2.58 bits per heavy atom. The molecule has 2 nitrogen and oxygen atoms in total. The number of nitrogens with two attached hydrogens (primary N) is 1. The van der Waals surface area contributed by atoms with Gasteiger partial charge in [0.2, 0.25) is 0 Å². The lowest BCUT2D eigenvalue weighted by Crippen LogP contribution is -2.42. The van der Waals surface area contributed by atoms with Crippen LogP contribution in [0, 0.1) is 5.92 Å². The summed E-state index contributed by atoms with van der Waals surface area (Å²) in [6, 6.07) is 7.22. The molecule has 1 aromatic rings. The molecule has 104 valence electrons. The van der Waals surface area contributed by atoms with Crippen molar-refractivity contribution in [1.29, 1.82) is 0 Å². The lowest BCUT2D eigenvalue weighted by atomic mass is 9.84. The minimum absolute atomic E-state index is 0.418. The first-order valence-electron chi connectivity index (χ1n) is 7.11. The molecule has 19 heavy (non-hydrogen) atoms. The summed E-state index contributed by atoms with van der Waals surface area (Å²) >= 11 is 12.2. The van der Waals surface area contributed by atoms with Crippen LogP contribution in [0.1, 0.15) is 37.3 Å². The second-order valence-corrected chi connectivity index (χ2v) is 6.54. The quantitative estimate of drug-likeness (QED) is 0.918. The average Bonchev–Trinajstić information content (AvgIpc) is 3.25. The summed E-state index contributed by atoms with van der Waals surface area (Å²) in [4.78, 5) is 2.64. The van der Waals surface area contributed by atoms with Crippen molar-refractivity contribution < 1.29 is 0 Å². The highest BCUT2D eigenvalue weighted by Gasteiger charge is 2.40. The Balaban J connectivity index is 1.93. The highest BCUT2D eigenvalue weighted by Crippen LogP contribution is 2.43. The van der Waals surface area contributed by atoms with Crippen LogP contribution in [0.3, 0.4) is 0 Å². The maximum Gasteiger partial charge on any atom is 0.0595 e. The summed E-state index contributed by atoms with van der Waals surface area (Å²) in [5.41, 5.74) is 7.27. The van der Waals surface area contributed by atoms with Gasteiger partial charge in [-0.1, -0.05) is 29.3 Å². The van der Waals surface area contributed by atoms with Gasteiger partial charge in [0, 0.05) is 12.1 Å². The fourth-order valence-electron chi connectivity index (χ4n) is 3.33. The SMILES string of the molecule is NCC1CCCN(C2CC2)C1c1ccc(Cl)c(Cl)c1. The molecule has 2 atom stereocenters. The van der Waals surface area contributed by atoms with E-state index in [9.17, 15) is 0 Å². The van der Waals surface area contributed by atoms with Gasteiger partial charge in [0.05, 0.1) is 10.0 Å². The standard InChI is InChI=1S/C15H20Cl2N2/c16-13-6-3-10(8-14(13)17)15-11(9-18)2-1-7-19(15)12-4-5-12/h3,6,8,11-12,15H,1-2,4-5,7,9,18H2. The zero-order valence-electron chi connectivity index (χ0n) is 11.0. The molecule has 1 heterocycles. The maximum atomic E-state index is 6.19. The molecule has 1 saturated heterocycles. The van der Waals surface area contributed by atoms with Gasteiger partial charge >= 0.3 is 0 Å². The smallest absolute Gasteiger partial charge is 0.0595 e. The molecule has 2 unspecified atom stereocenters. The zero-order chi connectivity index (χ0) is 13.4. The van der Waals surface area contributed by atoms with E-state index in [0.29, 0.717) is 22.0 Å². The first-order chi connectivity index (χ1) is 9.20. The van der Waals surface area contributed by atoms with Crippen LogP contribution >= 0.6 is 23.2 Å². The topological polar surface area (TPSA) is 29.3 Å². The largest absolute Gasteiger partial charge is 0.330 e. The van der Waals surface area contributed by atoms with Gasteiger partial charge in [-0.2, -0.15) is 0 Å². The molecule has 1 aliphatic carbocycles. The molecule has 1 saturated carbocycles. The van der Waals surface area contributed by atoms with Gasteiger partial charge in [-0.25, -0.2) is 0 Å². The minimum atomic E-state index is 0.418. The number of nitrogens with zero attached hydrogens (tertiary/aromatic N) is 1. The molecule has 0 amide bonds. The van der Waals surface area contributed by atoms with Crippen LogP contribution in [0.15, 0.2) is 18.2 Å². The highest BCUT2D eigenvalue weighted by molar-refractivity contribution is 6.42. The van der Waals surface area contributed by atoms with E-state index in [1.165, 1.54) is 37.8 Å². The fourth-order valence-corrected chi connectivity index (χ4v) is 3.63. The summed E-state index contributed by atoms with van der Waals surface area (Å²) in [7, 11) is 0. The van der Waals surface area contributed by atoms with Crippen LogP contribution in [0.4, 0.5) is 0 Å². The first kappa shape index (κ1) is 13.7. The Hall–Kier alpha value is -0.280. The third-order valence-electron chi connectivity index (χ3n) is 4.40. The number of hydrogen-bond acceptors (Lipinski definition) is 2. The number of rotatable bonds is 3. The van der Waals surface area contributed by atoms with E-state index in [1.54, 1.807) is 0 Å². The van der Waals surface area contributed by atoms with Gasteiger partial charge in [-0.3, -0.25) is 4.90 Å². The van der Waals surface area contributed by atoms with Crippen LogP contribution in [-0.4, -0.2) is 24.0 Å². The lowest BCUT2D eigenvalue weighted by molar-refractivity contribution is 0.0880. The van der Waals surface area contributed by atoms with Crippen LogP contribution in [0.5, 0.6) is 0 Å². The molecule has 2 N–H and O–H groups in total. The van der Waals surface area contributed by atoms with Crippen molar-refractivity contribution in [2.75, 3.05) is 13.1 Å². The molecule has 0 aromatic heterocycles. The highest BCUT2D eigenvalue weighted by atomic mass is 35.5. The Kier molecular flexibility index (Phi) is 4.04. The Labute approximate surface area is 124 Å². The van der Waals surface area contributed by atoms with E-state index in [0.717, 1.165) is 12.6 Å². The predicted molar refractivity (Wildman–Crippen MR) is 80.7 cm³/mol. The van der Waals surface area contributed by atoms with E-state index in [1.807, 2.05) is 12.1 Å². The molecule has 0 bridgehead atoms. The molecule has 4 heteroatoms. The summed E-state index contributed by atoms with van der Waals surface area (Å²) in [5.74, 6) is 0.534. The Morgan fingerprint density at radius 1 is 1.16 bits per heavy atom. The van der Waals surface area contributed by atoms with Gasteiger partial charge in [0.15, 0.2) is 0 Å². The molecule has 0 spiro atoms. The summed E-state index contributed by atoms with van der Waals surface area (Å²) in [5, 5.41) is 1.28. The van der Waals surface area contributed by atoms with Crippen LogP contribution < -0.4 is 5.73 Å². The van der Waals surface area contributed by atoms with E-state index >= 15 is 0 Å². The summed E-state index contributed by atoms with van der Waals surface area (Å²) in [6.07, 6.45) is 5.13. The normalized spacial score (nSPS) is 28.6. The number of hydrogen-bond donors (Lipinski definition) is 1. The second kappa shape index (κ2) is 5.61. The van der Waals surface area contributed by atoms with Crippen molar-refractivity contribution >= 4 is 23.2 Å². The first-order valence-corrected chi connectivity index (χ1v) is 7.87. The van der Waals surface area contributed by atoms with Crippen molar-refractivity contribution in [3.05, 3.63) is 33.8 Å². The van der Waals surface area contributed by atoms with Gasteiger partial charge in [-0.05, 0) is 62.4 Å². The number of benzene rings is 1. The molecule has 0 radical (unpaired) electrons. The van der Waals surface area contributed by atoms with E-state index in [-0.39, 0.29) is 0 Å². The Bertz CT molecular complexity index is 459. The average molecular weight is 299 g/mol. The number of likely N-dealkylation sites (tertiary alicyclic amines) is 1. The minimum Gasteiger partial charge on any atom is -0.330 e. The van der Waals surface area contributed by atoms with E-state index < -0.39 is 0 Å². The van der Waals surface area contributed by atoms with Gasteiger partial charge in [-0.15, -0.1) is 0 Å². The van der Waals surface area contributed by atoms with Crippen LogP contribution in [0.2, 0.25) is 10.0 Å². The van der Waals surface area contributed by atoms with Crippen molar-refractivity contribution in [2.24, 2.45) is 11.7 Å². The molecule has 1 aromatic carbocycles. The molecule has 2 fully saturated rings. The molecule has 3 rings (SSSR count). The van der Waals surface area contributed by atoms with Crippen LogP contribution in [0.25, 0.3) is 0 Å². The maximum absolute atomic E-state index is 6.19. The molecule has 2 aliphatic rings. The predicted octanol–water partition coefficient (Wildman–Crippen LogP) is 3.87. The zero-order valence-corrected chi connectivity index (χ0v) is 12.5. The molecular weight excluding hydrogens is 279 g/mol. The third kappa shape index (κ3) is 2.78. The van der Waals surface area contributed by atoms with Gasteiger partial charge in [0.1, 0.15) is 0 Å². The van der Waals surface area contributed by atoms with Crippen molar-refractivity contribution in [2.45, 2.75) is 37.8 Å². The monoisotopic (exact) mass is 298 g/mol. The summed E-state index contributed by atoms with van der Waals surface area (Å²) in [6.45, 7) is 1.93. The molecule has 1 aliphatic heterocycles. The van der Waals surface area contributed by atoms with Crippen molar-refractivity contribution in [3.8, 4) is 0 Å². The third-order valence-corrected chi connectivity index (χ3v) is 5.14. The van der Waals surface area contributed by atoms with E-state index in [4.69, 9.17) is 28.9 Å². The van der Waals surface area contributed by atoms with E-state index in [2.05, 4.69) is 11.0 Å². The lowest BCUT2D eigenvalue weighted by Gasteiger charge is -2.41. The van der Waals surface area contributed by atoms with Crippen molar-refractivity contribution in [3.63, 3.8) is 0 Å². The fraction of sp³-hybridized carbons (Fsp3) is 0.600. The summed E-state index contributed by atoms with van der Waals surface area (Å²) < 4.78 is 0. The molecular formula is C15H20Cl2N2. The number of halogens is 2. The number of piperidine rings is 1. The Morgan fingerprint density at radius 2 is 1.95 bits per heavy atom. The van der Waals surface area contributed by atoms with Gasteiger partial charge in [0.25, 0.3) is 0 Å². The second-order valence-electron chi connectivity index (χ2n) is 5.73. The van der Waals surface area contributed by atoms with Crippen LogP contribution in [-0.2, 0) is 0 Å². The van der Waals surface area contributed by atoms with Gasteiger partial charge < -0.3 is 5.73 Å².